The Morgan fingerprint density at radius 1 is 0.530 bits per heavy atom. The summed E-state index contributed by atoms with van der Waals surface area (Å²) >= 11 is 0. The fourth-order valence-corrected chi connectivity index (χ4v) is 6.10. The van der Waals surface area contributed by atoms with E-state index in [1.807, 2.05) is 19.9 Å². The average Bonchev–Trinajstić information content (AvgIpc) is 3.27. The molecule has 66 heavy (non-hydrogen) atoms. The van der Waals surface area contributed by atoms with Crippen LogP contribution in [-0.4, -0.2) is 32.0 Å². The molecule has 0 aliphatic heterocycles. The molecule has 346 valence electrons. The number of alkyl halides is 11. The second kappa shape index (κ2) is 20.4. The van der Waals surface area contributed by atoms with Crippen LogP contribution in [-0.2, 0) is 24.5 Å². The fourth-order valence-electron chi connectivity index (χ4n) is 6.10. The molecular weight excluding hydrogens is 891 g/mol. The second-order valence-corrected chi connectivity index (χ2v) is 14.6. The number of hydrogen-bond acceptors (Lipinski definition) is 7. The van der Waals surface area contributed by atoms with Crippen LogP contribution in [0.5, 0.6) is 0 Å². The molecule has 0 bridgehead atoms. The Balaban J connectivity index is 0.000000196. The summed E-state index contributed by atoms with van der Waals surface area (Å²) in [5.74, 6) is -3.61. The molecule has 2 aromatic carbocycles. The molecule has 0 saturated heterocycles. The van der Waals surface area contributed by atoms with Gasteiger partial charge in [0.15, 0.2) is 5.69 Å². The van der Waals surface area contributed by atoms with Gasteiger partial charge >= 0.3 is 18.5 Å². The van der Waals surface area contributed by atoms with Crippen molar-refractivity contribution in [2.45, 2.75) is 58.2 Å². The average molecular weight is 930 g/mol. The van der Waals surface area contributed by atoms with Gasteiger partial charge in [0.05, 0.1) is 39.6 Å². The number of rotatable bonds is 8. The SMILES string of the molecule is CC(Nc1ccc(-c2cccc(F)c2)nc1C(F)(F)F)c1cccc(C(F)(F)F)c1.CNc1ccc(-c2cccnc2)nc1C(C)(F)F.Cc1ccc(-c2cncc(C(F)(F)F)c2)nc1C. The highest BCUT2D eigenvalue weighted by Gasteiger charge is 2.37. The number of aryl methyl sites for hydroxylation is 2. The van der Waals surface area contributed by atoms with E-state index in [1.165, 1.54) is 43.5 Å². The van der Waals surface area contributed by atoms with Gasteiger partial charge in [0, 0.05) is 67.2 Å². The van der Waals surface area contributed by atoms with Crippen molar-refractivity contribution in [3.63, 3.8) is 0 Å². The first kappa shape index (κ1) is 50.0. The topological polar surface area (TPSA) is 88.5 Å². The highest BCUT2D eigenvalue weighted by atomic mass is 19.4. The Labute approximate surface area is 371 Å². The minimum Gasteiger partial charge on any atom is -0.386 e. The van der Waals surface area contributed by atoms with Crippen molar-refractivity contribution >= 4 is 11.4 Å². The molecule has 0 radical (unpaired) electrons. The zero-order chi connectivity index (χ0) is 48.6. The molecule has 0 aliphatic carbocycles. The Kier molecular flexibility index (Phi) is 15.5. The van der Waals surface area contributed by atoms with Crippen molar-refractivity contribution in [1.29, 1.82) is 0 Å². The van der Waals surface area contributed by atoms with E-state index in [2.05, 4.69) is 35.6 Å². The minimum absolute atomic E-state index is 0.0842. The summed E-state index contributed by atoms with van der Waals surface area (Å²) in [6, 6.07) is 22.3. The van der Waals surface area contributed by atoms with Crippen LogP contribution < -0.4 is 10.6 Å². The number of hydrogen-bond donors (Lipinski definition) is 2. The van der Waals surface area contributed by atoms with Gasteiger partial charge in [-0.3, -0.25) is 15.0 Å². The van der Waals surface area contributed by atoms with Gasteiger partial charge in [-0.2, -0.15) is 48.3 Å². The molecule has 2 N–H and O–H groups in total. The van der Waals surface area contributed by atoms with Gasteiger partial charge in [0.25, 0.3) is 5.92 Å². The molecule has 5 aromatic heterocycles. The van der Waals surface area contributed by atoms with Gasteiger partial charge in [-0.25, -0.2) is 14.4 Å². The lowest BCUT2D eigenvalue weighted by Gasteiger charge is -2.20. The Hall–Kier alpha value is -7.05. The molecule has 0 amide bonds. The van der Waals surface area contributed by atoms with Crippen LogP contribution in [0.25, 0.3) is 33.8 Å². The number of nitrogens with zero attached hydrogens (tertiary/aromatic N) is 5. The van der Waals surface area contributed by atoms with Crippen molar-refractivity contribution in [3.8, 4) is 33.8 Å². The summed E-state index contributed by atoms with van der Waals surface area (Å²) in [5, 5.41) is 5.30. The molecule has 0 fully saturated rings. The van der Waals surface area contributed by atoms with Crippen LogP contribution in [0, 0.1) is 19.7 Å². The fraction of sp³-hybridized carbons (Fsp3) is 0.213. The number of nitrogens with one attached hydrogen (secondary N) is 2. The van der Waals surface area contributed by atoms with Gasteiger partial charge < -0.3 is 10.6 Å². The Morgan fingerprint density at radius 3 is 1.71 bits per heavy atom. The second-order valence-electron chi connectivity index (χ2n) is 14.6. The first-order valence-electron chi connectivity index (χ1n) is 19.6. The predicted octanol–water partition coefficient (Wildman–Crippen LogP) is 14.2. The lowest BCUT2D eigenvalue weighted by atomic mass is 10.0. The maximum absolute atomic E-state index is 13.6. The first-order chi connectivity index (χ1) is 30.8. The van der Waals surface area contributed by atoms with Crippen molar-refractivity contribution in [2.75, 3.05) is 17.7 Å². The van der Waals surface area contributed by atoms with E-state index in [9.17, 15) is 52.7 Å². The van der Waals surface area contributed by atoms with Crippen LogP contribution in [0.15, 0.2) is 128 Å². The van der Waals surface area contributed by atoms with Crippen LogP contribution >= 0.6 is 0 Å². The summed E-state index contributed by atoms with van der Waals surface area (Å²) in [5.41, 5.74) is 0.864. The summed E-state index contributed by atoms with van der Waals surface area (Å²) in [6.45, 7) is 6.00. The zero-order valence-electron chi connectivity index (χ0n) is 35.5. The number of benzene rings is 2. The van der Waals surface area contributed by atoms with Gasteiger partial charge in [0.2, 0.25) is 0 Å². The van der Waals surface area contributed by atoms with E-state index in [0.717, 1.165) is 60.8 Å². The molecule has 7 rings (SSSR count). The Morgan fingerprint density at radius 2 is 1.12 bits per heavy atom. The number of halogens is 12. The molecular formula is C47H39F12N7. The van der Waals surface area contributed by atoms with Gasteiger partial charge in [-0.1, -0.05) is 30.3 Å². The molecule has 0 saturated carbocycles. The standard InChI is InChI=1S/C21H15F7N2.C13H11F3N2.C13H13F2N3/c1-12(13-4-2-6-15(10-13)20(23,24)25)29-18-9-8-17(30-19(18)21(26,27)28)14-5-3-7-16(22)11-14;1-8-3-4-12(18-9(8)2)10-5-11(7-17-6-10)13(14,15)16;1-13(14,15)12-11(16-2)6-5-10(18-12)9-4-3-7-17-8-9/h2-12,29H,1H3;3-7H,1-2H3;3-8,16H,1-2H3. The van der Waals surface area contributed by atoms with Crippen molar-refractivity contribution in [3.05, 3.63) is 173 Å². The van der Waals surface area contributed by atoms with Crippen LogP contribution in [0.3, 0.4) is 0 Å². The minimum atomic E-state index is -4.83. The number of pyridine rings is 5. The van der Waals surface area contributed by atoms with E-state index in [4.69, 9.17) is 0 Å². The highest BCUT2D eigenvalue weighted by molar-refractivity contribution is 5.65. The predicted molar refractivity (Wildman–Crippen MR) is 227 cm³/mol. The lowest BCUT2D eigenvalue weighted by Crippen LogP contribution is -2.16. The summed E-state index contributed by atoms with van der Waals surface area (Å²) in [7, 11) is 1.59. The molecule has 0 spiro atoms. The highest BCUT2D eigenvalue weighted by Crippen LogP contribution is 2.38. The molecule has 7 aromatic rings. The number of anilines is 2. The summed E-state index contributed by atoms with van der Waals surface area (Å²) in [4.78, 5) is 19.5. The van der Waals surface area contributed by atoms with Gasteiger partial charge in [-0.05, 0) is 105 Å². The van der Waals surface area contributed by atoms with E-state index >= 15 is 0 Å². The van der Waals surface area contributed by atoms with Gasteiger partial charge in [0.1, 0.15) is 11.5 Å². The van der Waals surface area contributed by atoms with Crippen LogP contribution in [0.4, 0.5) is 64.1 Å². The third kappa shape index (κ3) is 13.3. The van der Waals surface area contributed by atoms with Crippen LogP contribution in [0.1, 0.15) is 59.2 Å². The monoisotopic (exact) mass is 929 g/mol. The molecule has 0 aliphatic rings. The number of aromatic nitrogens is 5. The van der Waals surface area contributed by atoms with E-state index in [1.54, 1.807) is 49.8 Å². The Bertz CT molecular complexity index is 2730. The molecule has 7 nitrogen and oxygen atoms in total. The largest absolute Gasteiger partial charge is 0.435 e. The van der Waals surface area contributed by atoms with Crippen molar-refractivity contribution in [1.82, 2.24) is 24.9 Å². The maximum Gasteiger partial charge on any atom is 0.435 e. The molecule has 1 unspecified atom stereocenters. The summed E-state index contributed by atoms with van der Waals surface area (Å²) in [6.07, 6.45) is -8.38. The van der Waals surface area contributed by atoms with E-state index < -0.39 is 58.8 Å². The normalized spacial score (nSPS) is 12.3. The van der Waals surface area contributed by atoms with Gasteiger partial charge in [-0.15, -0.1) is 0 Å². The quantitative estimate of drug-likeness (QED) is 0.147. The van der Waals surface area contributed by atoms with Crippen molar-refractivity contribution < 1.29 is 52.7 Å². The van der Waals surface area contributed by atoms with Crippen molar-refractivity contribution in [2.24, 2.45) is 0 Å². The van der Waals surface area contributed by atoms with Crippen LogP contribution in [0.2, 0.25) is 0 Å². The molecule has 5 heterocycles. The summed E-state index contributed by atoms with van der Waals surface area (Å²) < 4.78 is 157. The maximum atomic E-state index is 13.6. The smallest absolute Gasteiger partial charge is 0.386 e. The molecule has 1 atom stereocenters. The molecule has 19 heteroatoms. The van der Waals surface area contributed by atoms with E-state index in [0.29, 0.717) is 28.2 Å². The third-order valence-corrected chi connectivity index (χ3v) is 9.62. The zero-order valence-corrected chi connectivity index (χ0v) is 35.5. The first-order valence-corrected chi connectivity index (χ1v) is 19.6. The lowest BCUT2D eigenvalue weighted by molar-refractivity contribution is -0.140. The third-order valence-electron chi connectivity index (χ3n) is 9.62. The van der Waals surface area contributed by atoms with E-state index in [-0.39, 0.29) is 22.5 Å².